The van der Waals surface area contributed by atoms with Gasteiger partial charge < -0.3 is 9.52 Å². The van der Waals surface area contributed by atoms with Gasteiger partial charge in [-0.15, -0.1) is 0 Å². The van der Waals surface area contributed by atoms with Crippen LogP contribution in [0.1, 0.15) is 24.7 Å². The number of hydrogen-bond acceptors (Lipinski definition) is 5. The Labute approximate surface area is 173 Å². The van der Waals surface area contributed by atoms with Crippen molar-refractivity contribution < 1.29 is 32.3 Å². The lowest BCUT2D eigenvalue weighted by Gasteiger charge is -2.21. The van der Waals surface area contributed by atoms with Gasteiger partial charge in [0, 0.05) is 11.6 Å². The summed E-state index contributed by atoms with van der Waals surface area (Å²) in [6.07, 6.45) is -2.89. The number of amides is 1. The minimum absolute atomic E-state index is 0.125. The molecule has 1 N–H and O–H groups in total. The molecule has 2 heterocycles. The second-order valence-corrected chi connectivity index (χ2v) is 7.77. The zero-order valence-corrected chi connectivity index (χ0v) is 16.5. The van der Waals surface area contributed by atoms with Crippen LogP contribution in [0.5, 0.6) is 0 Å². The van der Waals surface area contributed by atoms with Crippen molar-refractivity contribution >= 4 is 46.3 Å². The number of alkyl halides is 3. The first-order valence-electron chi connectivity index (χ1n) is 8.39. The molecule has 1 aliphatic rings. The Morgan fingerprint density at radius 3 is 2.69 bits per heavy atom. The van der Waals surface area contributed by atoms with Crippen LogP contribution >= 0.6 is 24.0 Å². The molecule has 0 saturated carbocycles. The maximum atomic E-state index is 12.9. The lowest BCUT2D eigenvalue weighted by Crippen LogP contribution is -2.43. The molecule has 1 aromatic heterocycles. The predicted octanol–water partition coefficient (Wildman–Crippen LogP) is 5.03. The number of hydrogen-bond donors (Lipinski definition) is 1. The summed E-state index contributed by atoms with van der Waals surface area (Å²) in [7, 11) is 0. The molecule has 29 heavy (non-hydrogen) atoms. The Morgan fingerprint density at radius 1 is 1.34 bits per heavy atom. The van der Waals surface area contributed by atoms with Crippen molar-refractivity contribution in [2.75, 3.05) is 0 Å². The molecular weight excluding hydrogens is 427 g/mol. The highest BCUT2D eigenvalue weighted by molar-refractivity contribution is 8.26. The number of thioether (sulfide) groups is 1. The van der Waals surface area contributed by atoms with E-state index in [1.165, 1.54) is 30.3 Å². The van der Waals surface area contributed by atoms with Gasteiger partial charge >= 0.3 is 12.1 Å². The molecule has 0 spiro atoms. The maximum absolute atomic E-state index is 12.9. The van der Waals surface area contributed by atoms with Gasteiger partial charge in [-0.2, -0.15) is 13.2 Å². The molecule has 2 aromatic rings. The molecule has 1 amide bonds. The molecule has 0 radical (unpaired) electrons. The zero-order chi connectivity index (χ0) is 21.3. The number of aliphatic carboxylic acids is 1. The minimum Gasteiger partial charge on any atom is -0.480 e. The SMILES string of the molecule is CC[C@H](C(=O)O)N1C(=O)/C(=C\c2ccc(-c3cccc(C(F)(F)F)c3)o2)SC1=S. The van der Waals surface area contributed by atoms with Crippen LogP contribution in [0.3, 0.4) is 0 Å². The van der Waals surface area contributed by atoms with E-state index in [4.69, 9.17) is 16.6 Å². The molecule has 3 rings (SSSR count). The second-order valence-electron chi connectivity index (χ2n) is 6.09. The lowest BCUT2D eigenvalue weighted by molar-refractivity contribution is -0.145. The first-order chi connectivity index (χ1) is 13.6. The molecular formula is C19H14F3NO4S2. The Kier molecular flexibility index (Phi) is 5.85. The highest BCUT2D eigenvalue weighted by atomic mass is 32.2. The largest absolute Gasteiger partial charge is 0.480 e. The monoisotopic (exact) mass is 441 g/mol. The highest BCUT2D eigenvalue weighted by Crippen LogP contribution is 2.36. The number of halogens is 3. The fraction of sp³-hybridized carbons (Fsp3) is 0.211. The first-order valence-corrected chi connectivity index (χ1v) is 9.61. The molecule has 1 fully saturated rings. The van der Waals surface area contributed by atoms with Crippen LogP contribution in [-0.2, 0) is 15.8 Å². The lowest BCUT2D eigenvalue weighted by atomic mass is 10.1. The van der Waals surface area contributed by atoms with Crippen LogP contribution in [0.4, 0.5) is 13.2 Å². The van der Waals surface area contributed by atoms with E-state index in [0.717, 1.165) is 28.8 Å². The number of carbonyl (C=O) groups excluding carboxylic acids is 1. The van der Waals surface area contributed by atoms with E-state index in [-0.39, 0.29) is 32.7 Å². The van der Waals surface area contributed by atoms with Gasteiger partial charge in [-0.05, 0) is 30.7 Å². The number of rotatable bonds is 5. The molecule has 10 heteroatoms. The summed E-state index contributed by atoms with van der Waals surface area (Å²) in [6.45, 7) is 1.63. The summed E-state index contributed by atoms with van der Waals surface area (Å²) in [5.41, 5.74) is -0.558. The number of thiocarbonyl (C=S) groups is 1. The van der Waals surface area contributed by atoms with Crippen molar-refractivity contribution in [3.05, 3.63) is 52.6 Å². The van der Waals surface area contributed by atoms with E-state index in [1.54, 1.807) is 6.92 Å². The molecule has 152 valence electrons. The zero-order valence-electron chi connectivity index (χ0n) is 14.9. The summed E-state index contributed by atoms with van der Waals surface area (Å²) < 4.78 is 44.4. The van der Waals surface area contributed by atoms with E-state index < -0.39 is 29.7 Å². The van der Waals surface area contributed by atoms with Gasteiger partial charge in [0.05, 0.1) is 10.5 Å². The summed E-state index contributed by atoms with van der Waals surface area (Å²) in [5, 5.41) is 9.27. The van der Waals surface area contributed by atoms with Crippen LogP contribution in [0.2, 0.25) is 0 Å². The van der Waals surface area contributed by atoms with Gasteiger partial charge in [0.25, 0.3) is 5.91 Å². The Balaban J connectivity index is 1.87. The average molecular weight is 441 g/mol. The van der Waals surface area contributed by atoms with Crippen molar-refractivity contribution in [3.8, 4) is 11.3 Å². The van der Waals surface area contributed by atoms with E-state index in [9.17, 15) is 27.9 Å². The topological polar surface area (TPSA) is 70.8 Å². The van der Waals surface area contributed by atoms with Crippen LogP contribution in [0, 0.1) is 0 Å². The van der Waals surface area contributed by atoms with Gasteiger partial charge in [-0.25, -0.2) is 4.79 Å². The third-order valence-electron chi connectivity index (χ3n) is 4.18. The number of carboxylic acids is 1. The quantitative estimate of drug-likeness (QED) is 0.518. The Hall–Kier alpha value is -2.59. The van der Waals surface area contributed by atoms with E-state index >= 15 is 0 Å². The van der Waals surface area contributed by atoms with Crippen LogP contribution in [0.25, 0.3) is 17.4 Å². The van der Waals surface area contributed by atoms with E-state index in [0.29, 0.717) is 0 Å². The number of furan rings is 1. The standard InChI is InChI=1S/C19H14F3NO4S2/c1-2-13(17(25)26)23-16(24)15(29-18(23)28)9-12-6-7-14(27-12)10-4-3-5-11(8-10)19(20,21)22/h3-9,13H,2H2,1H3,(H,25,26)/b15-9+/t13-/m1/s1. The van der Waals surface area contributed by atoms with Gasteiger partial charge in [-0.3, -0.25) is 9.69 Å². The number of nitrogens with zero attached hydrogens (tertiary/aromatic N) is 1. The smallest absolute Gasteiger partial charge is 0.416 e. The summed E-state index contributed by atoms with van der Waals surface area (Å²) in [6, 6.07) is 6.64. The number of benzene rings is 1. The predicted molar refractivity (Wildman–Crippen MR) is 106 cm³/mol. The molecule has 1 aliphatic heterocycles. The van der Waals surface area contributed by atoms with Crippen molar-refractivity contribution in [2.24, 2.45) is 0 Å². The minimum atomic E-state index is -4.47. The highest BCUT2D eigenvalue weighted by Gasteiger charge is 2.39. The van der Waals surface area contributed by atoms with Gasteiger partial charge in [0.2, 0.25) is 0 Å². The van der Waals surface area contributed by atoms with Gasteiger partial charge in [0.1, 0.15) is 21.9 Å². The average Bonchev–Trinajstić information content (AvgIpc) is 3.22. The number of carboxylic acid groups (broad SMARTS) is 1. The Bertz CT molecular complexity index is 1010. The first kappa shape index (κ1) is 21.1. The summed E-state index contributed by atoms with van der Waals surface area (Å²) in [5.74, 6) is -1.27. The third-order valence-corrected chi connectivity index (χ3v) is 5.51. The molecule has 1 aromatic carbocycles. The van der Waals surface area contributed by atoms with Crippen LogP contribution < -0.4 is 0 Å². The fourth-order valence-electron chi connectivity index (χ4n) is 2.78. The molecule has 1 saturated heterocycles. The van der Waals surface area contributed by atoms with E-state index in [1.807, 2.05) is 0 Å². The normalized spacial score (nSPS) is 17.2. The molecule has 1 atom stereocenters. The summed E-state index contributed by atoms with van der Waals surface area (Å²) in [4.78, 5) is 25.2. The number of carbonyl (C=O) groups is 2. The summed E-state index contributed by atoms with van der Waals surface area (Å²) >= 11 is 6.08. The van der Waals surface area contributed by atoms with Crippen molar-refractivity contribution in [1.29, 1.82) is 0 Å². The third kappa shape index (κ3) is 4.38. The van der Waals surface area contributed by atoms with Crippen molar-refractivity contribution in [3.63, 3.8) is 0 Å². The Morgan fingerprint density at radius 2 is 2.07 bits per heavy atom. The molecule has 0 aliphatic carbocycles. The van der Waals surface area contributed by atoms with Crippen molar-refractivity contribution in [1.82, 2.24) is 4.90 Å². The van der Waals surface area contributed by atoms with E-state index in [2.05, 4.69) is 0 Å². The van der Waals surface area contributed by atoms with Crippen molar-refractivity contribution in [2.45, 2.75) is 25.6 Å². The molecule has 0 bridgehead atoms. The maximum Gasteiger partial charge on any atom is 0.416 e. The molecule has 0 unspecified atom stereocenters. The van der Waals surface area contributed by atoms with Gasteiger partial charge in [0.15, 0.2) is 0 Å². The van der Waals surface area contributed by atoms with Crippen LogP contribution in [-0.4, -0.2) is 32.2 Å². The molecule has 5 nitrogen and oxygen atoms in total. The van der Waals surface area contributed by atoms with Crippen LogP contribution in [0.15, 0.2) is 45.7 Å². The fourth-order valence-corrected chi connectivity index (χ4v) is 4.12. The second kappa shape index (κ2) is 8.03. The van der Waals surface area contributed by atoms with Gasteiger partial charge in [-0.1, -0.05) is 43.0 Å².